The van der Waals surface area contributed by atoms with Crippen molar-refractivity contribution < 1.29 is 17.9 Å². The highest BCUT2D eigenvalue weighted by Gasteiger charge is 2.32. The van der Waals surface area contributed by atoms with Gasteiger partial charge in [-0.3, -0.25) is 15.2 Å². The second-order valence-corrected chi connectivity index (χ2v) is 13.0. The van der Waals surface area contributed by atoms with E-state index < -0.39 is 16.1 Å². The Balaban J connectivity index is 1.22. The summed E-state index contributed by atoms with van der Waals surface area (Å²) in [5, 5.41) is 7.08. The molecule has 0 spiro atoms. The molecule has 0 bridgehead atoms. The number of anilines is 2. The van der Waals surface area contributed by atoms with E-state index in [4.69, 9.17) is 0 Å². The highest BCUT2D eigenvalue weighted by molar-refractivity contribution is 7.91. The summed E-state index contributed by atoms with van der Waals surface area (Å²) in [6.07, 6.45) is 2.73. The van der Waals surface area contributed by atoms with Crippen molar-refractivity contribution in [1.82, 2.24) is 29.1 Å². The van der Waals surface area contributed by atoms with Crippen LogP contribution in [0.3, 0.4) is 0 Å². The fraction of sp³-hybridized carbons (Fsp3) is 0.370. The van der Waals surface area contributed by atoms with Crippen molar-refractivity contribution in [3.8, 4) is 11.1 Å². The van der Waals surface area contributed by atoms with Crippen LogP contribution in [-0.2, 0) is 14.8 Å². The summed E-state index contributed by atoms with van der Waals surface area (Å²) in [5.41, 5.74) is 4.15. The first-order chi connectivity index (χ1) is 19.7. The van der Waals surface area contributed by atoms with Crippen LogP contribution in [0.5, 0.6) is 0 Å². The zero-order chi connectivity index (χ0) is 29.1. The number of piperazine rings is 1. The maximum atomic E-state index is 13.3. The van der Waals surface area contributed by atoms with E-state index in [1.54, 1.807) is 13.3 Å². The van der Waals surface area contributed by atoms with E-state index in [0.29, 0.717) is 38.4 Å². The summed E-state index contributed by atoms with van der Waals surface area (Å²) in [4.78, 5) is 31.4. The summed E-state index contributed by atoms with van der Waals surface area (Å²) in [5.74, 6) is 0.752. The maximum Gasteiger partial charge on any atom is 0.413 e. The second kappa shape index (κ2) is 12.0. The number of rotatable bonds is 8. The molecule has 1 amide bonds. The van der Waals surface area contributed by atoms with Gasteiger partial charge in [-0.05, 0) is 32.9 Å². The van der Waals surface area contributed by atoms with Crippen LogP contribution < -0.4 is 10.6 Å². The van der Waals surface area contributed by atoms with Gasteiger partial charge in [0, 0.05) is 67.2 Å². The average molecular weight is 597 g/mol. The molecule has 1 fully saturated rings. The molecule has 1 aliphatic heterocycles. The number of nitrogens with zero attached hydrogens (tertiary/aromatic N) is 6. The van der Waals surface area contributed by atoms with Gasteiger partial charge in [-0.15, -0.1) is 0 Å². The Morgan fingerprint density at radius 1 is 1.10 bits per heavy atom. The number of carbonyl (C=O) groups excluding carboxylic acids is 1. The van der Waals surface area contributed by atoms with Gasteiger partial charge in [0.25, 0.3) is 10.0 Å². The molecule has 41 heavy (non-hydrogen) atoms. The molecule has 1 aromatic carbocycles. The van der Waals surface area contributed by atoms with E-state index in [9.17, 15) is 13.2 Å². The van der Waals surface area contributed by atoms with Crippen molar-refractivity contribution in [2.75, 3.05) is 50.5 Å². The molecule has 216 valence electrons. The monoisotopic (exact) mass is 596 g/mol. The molecule has 1 atom stereocenters. The molecule has 3 aromatic heterocycles. The summed E-state index contributed by atoms with van der Waals surface area (Å²) in [6.45, 7) is 8.27. The van der Waals surface area contributed by atoms with Crippen LogP contribution in [0.1, 0.15) is 18.3 Å². The van der Waals surface area contributed by atoms with Crippen molar-refractivity contribution >= 4 is 49.3 Å². The van der Waals surface area contributed by atoms with Crippen LogP contribution in [0.2, 0.25) is 0 Å². The molecule has 1 unspecified atom stereocenters. The summed E-state index contributed by atoms with van der Waals surface area (Å²) in [7, 11) is -2.50. The lowest BCUT2D eigenvalue weighted by molar-refractivity contribution is 0.184. The van der Waals surface area contributed by atoms with E-state index >= 15 is 0 Å². The minimum absolute atomic E-state index is 0.0525. The fourth-order valence-corrected chi connectivity index (χ4v) is 7.77. The fourth-order valence-electron chi connectivity index (χ4n) is 4.81. The highest BCUT2D eigenvalue weighted by atomic mass is 32.2. The number of carbonyl (C=O) groups is 1. The molecule has 12 nitrogen and oxygen atoms in total. The number of thiazole rings is 1. The predicted octanol–water partition coefficient (Wildman–Crippen LogP) is 3.75. The van der Waals surface area contributed by atoms with E-state index in [1.165, 1.54) is 11.4 Å². The first-order valence-electron chi connectivity index (χ1n) is 13.1. The van der Waals surface area contributed by atoms with Crippen LogP contribution in [0, 0.1) is 13.8 Å². The smallest absolute Gasteiger partial charge is 0.413 e. The number of sulfonamides is 1. The van der Waals surface area contributed by atoms with Gasteiger partial charge in [0.1, 0.15) is 12.1 Å². The molecule has 4 aromatic rings. The van der Waals surface area contributed by atoms with Gasteiger partial charge >= 0.3 is 6.09 Å². The number of benzene rings is 1. The van der Waals surface area contributed by atoms with Gasteiger partial charge < -0.3 is 10.1 Å². The van der Waals surface area contributed by atoms with Gasteiger partial charge in [-0.2, -0.15) is 4.31 Å². The van der Waals surface area contributed by atoms with Crippen molar-refractivity contribution in [3.05, 3.63) is 54.2 Å². The maximum absolute atomic E-state index is 13.3. The SMILES string of the molecule is COC(=O)Nc1nc(C)c(S(=O)(=O)N2CCN(CC(C)Nc3ncnc4c(-c5ccc(C)nc5)cccc34)CC2)s1. The number of hydrogen-bond acceptors (Lipinski definition) is 11. The Labute approximate surface area is 242 Å². The molecule has 2 N–H and O–H groups in total. The standard InChI is InChI=1S/C27H32N8O4S2/c1-17-8-9-20(14-28-17)21-6-5-7-22-23(21)29-16-30-24(22)31-18(2)15-34-10-12-35(13-11-34)41(37,38)25-19(3)32-26(40-25)33-27(36)39-4/h5-9,14,16,18H,10-13,15H2,1-4H3,(H,29,30,31)(H,32,33,36). The van der Waals surface area contributed by atoms with Crippen LogP contribution in [0.25, 0.3) is 22.0 Å². The van der Waals surface area contributed by atoms with Gasteiger partial charge in [-0.25, -0.2) is 28.2 Å². The minimum atomic E-state index is -3.74. The predicted molar refractivity (Wildman–Crippen MR) is 159 cm³/mol. The van der Waals surface area contributed by atoms with Gasteiger partial charge in [0.05, 0.1) is 18.3 Å². The van der Waals surface area contributed by atoms with Gasteiger partial charge in [0.2, 0.25) is 0 Å². The average Bonchev–Trinajstić information content (AvgIpc) is 3.34. The number of amides is 1. The number of methoxy groups -OCH3 is 1. The van der Waals surface area contributed by atoms with E-state index in [0.717, 1.165) is 44.9 Å². The first kappa shape index (κ1) is 28.8. The van der Waals surface area contributed by atoms with Crippen LogP contribution in [0.15, 0.2) is 47.1 Å². The summed E-state index contributed by atoms with van der Waals surface area (Å²) < 4.78 is 32.8. The number of ether oxygens (including phenoxy) is 1. The number of aromatic nitrogens is 4. The molecule has 0 radical (unpaired) electrons. The van der Waals surface area contributed by atoms with Crippen LogP contribution in [0.4, 0.5) is 15.7 Å². The summed E-state index contributed by atoms with van der Waals surface area (Å²) >= 11 is 0.926. The lowest BCUT2D eigenvalue weighted by Crippen LogP contribution is -2.50. The minimum Gasteiger partial charge on any atom is -0.453 e. The van der Waals surface area contributed by atoms with Crippen LogP contribution >= 0.6 is 11.3 Å². The molecular formula is C27H32N8O4S2. The molecule has 5 rings (SSSR count). The Morgan fingerprint density at radius 3 is 2.59 bits per heavy atom. The first-order valence-corrected chi connectivity index (χ1v) is 15.4. The second-order valence-electron chi connectivity index (χ2n) is 9.87. The van der Waals surface area contributed by atoms with E-state index in [1.807, 2.05) is 43.5 Å². The number of para-hydroxylation sites is 1. The number of hydrogen-bond donors (Lipinski definition) is 2. The quantitative estimate of drug-likeness (QED) is 0.309. The summed E-state index contributed by atoms with van der Waals surface area (Å²) in [6, 6.07) is 10.1. The number of fused-ring (bicyclic) bond motifs is 1. The molecule has 1 saturated heterocycles. The van der Waals surface area contributed by atoms with Crippen LogP contribution in [-0.4, -0.2) is 89.5 Å². The Bertz CT molecular complexity index is 1650. The van der Waals surface area contributed by atoms with Crippen molar-refractivity contribution in [3.63, 3.8) is 0 Å². The third kappa shape index (κ3) is 6.30. The topological polar surface area (TPSA) is 143 Å². The lowest BCUT2D eigenvalue weighted by atomic mass is 10.0. The molecule has 1 aliphatic rings. The normalized spacial score (nSPS) is 15.5. The largest absolute Gasteiger partial charge is 0.453 e. The molecule has 4 heterocycles. The highest BCUT2D eigenvalue weighted by Crippen LogP contribution is 2.31. The van der Waals surface area contributed by atoms with Crippen molar-refractivity contribution in [1.29, 1.82) is 0 Å². The Kier molecular flexibility index (Phi) is 8.45. The van der Waals surface area contributed by atoms with E-state index in [-0.39, 0.29) is 15.4 Å². The third-order valence-corrected chi connectivity index (χ3v) is 10.4. The number of pyridine rings is 1. The van der Waals surface area contributed by atoms with Crippen molar-refractivity contribution in [2.45, 2.75) is 31.0 Å². The Hall–Kier alpha value is -3.72. The van der Waals surface area contributed by atoms with E-state index in [2.05, 4.69) is 47.1 Å². The lowest BCUT2D eigenvalue weighted by Gasteiger charge is -2.35. The number of nitrogens with one attached hydrogen (secondary N) is 2. The third-order valence-electron chi connectivity index (χ3n) is 6.86. The molecule has 0 saturated carbocycles. The molecule has 14 heteroatoms. The van der Waals surface area contributed by atoms with Gasteiger partial charge in [0.15, 0.2) is 9.34 Å². The zero-order valence-electron chi connectivity index (χ0n) is 23.3. The zero-order valence-corrected chi connectivity index (χ0v) is 24.9. The molecular weight excluding hydrogens is 564 g/mol. The van der Waals surface area contributed by atoms with Gasteiger partial charge in [-0.1, -0.05) is 29.5 Å². The molecule has 0 aliphatic carbocycles. The van der Waals surface area contributed by atoms with Crippen molar-refractivity contribution in [2.24, 2.45) is 0 Å². The number of aryl methyl sites for hydroxylation is 2. The Morgan fingerprint density at radius 2 is 1.88 bits per heavy atom.